The minimum atomic E-state index is -1.87. The Morgan fingerprint density at radius 1 is 1.00 bits per heavy atom. The molecule has 0 unspecified atom stereocenters. The van der Waals surface area contributed by atoms with Crippen LogP contribution in [0, 0.1) is 13.8 Å². The van der Waals surface area contributed by atoms with Crippen LogP contribution >= 0.6 is 0 Å². The van der Waals surface area contributed by atoms with Crippen molar-refractivity contribution in [1.82, 2.24) is 0 Å². The normalized spacial score (nSPS) is 17.9. The zero-order valence-electron chi connectivity index (χ0n) is 17.7. The van der Waals surface area contributed by atoms with Gasteiger partial charge >= 0.3 is 0 Å². The fraction of sp³-hybridized carbons (Fsp3) is 0.185. The second-order valence-corrected chi connectivity index (χ2v) is 8.09. The van der Waals surface area contributed by atoms with E-state index in [2.05, 4.69) is 6.07 Å². The Morgan fingerprint density at radius 3 is 2.48 bits per heavy atom. The smallest absolute Gasteiger partial charge is 0.264 e. The summed E-state index contributed by atoms with van der Waals surface area (Å²) in [6.07, 6.45) is 2.83. The number of para-hydroxylation sites is 1. The number of allylic oxidation sites excluding steroid dienone is 1. The molecule has 1 aliphatic rings. The third kappa shape index (κ3) is 4.07. The highest BCUT2D eigenvalue weighted by Gasteiger charge is 2.50. The number of hydrogen-bond acceptors (Lipinski definition) is 3. The average Bonchev–Trinajstić information content (AvgIpc) is 2.97. The van der Waals surface area contributed by atoms with Crippen molar-refractivity contribution in [3.63, 3.8) is 0 Å². The highest BCUT2D eigenvalue weighted by atomic mass is 16.3. The molecule has 1 aliphatic heterocycles. The van der Waals surface area contributed by atoms with Gasteiger partial charge < -0.3 is 10.0 Å². The molecule has 0 aliphatic carbocycles. The molecule has 156 valence electrons. The Labute approximate surface area is 182 Å². The first-order chi connectivity index (χ1) is 14.9. The standard InChI is InChI=1S/C27H25NO3/c1-19-12-13-20(2)22(16-19)18-28-25-11-7-6-10-24(25)27(31,26(28)30)17-23(29)15-14-21-8-4-3-5-9-21/h3-16,31H,17-18H2,1-2H3/b15-14-/t27-/m1/s1. The maximum atomic E-state index is 13.4. The zero-order valence-corrected chi connectivity index (χ0v) is 17.7. The van der Waals surface area contributed by atoms with Gasteiger partial charge in [-0.1, -0.05) is 78.4 Å². The molecule has 4 heteroatoms. The molecule has 0 bridgehead atoms. The van der Waals surface area contributed by atoms with Gasteiger partial charge in [0.2, 0.25) is 0 Å². The summed E-state index contributed by atoms with van der Waals surface area (Å²) in [6, 6.07) is 22.7. The van der Waals surface area contributed by atoms with Gasteiger partial charge in [0, 0.05) is 5.56 Å². The van der Waals surface area contributed by atoms with E-state index < -0.39 is 11.5 Å². The van der Waals surface area contributed by atoms with Crippen LogP contribution in [0.4, 0.5) is 5.69 Å². The van der Waals surface area contributed by atoms with Crippen molar-refractivity contribution in [2.45, 2.75) is 32.4 Å². The lowest BCUT2D eigenvalue weighted by atomic mass is 9.89. The molecular weight excluding hydrogens is 386 g/mol. The lowest BCUT2D eigenvalue weighted by Crippen LogP contribution is -2.41. The number of aliphatic hydroxyl groups is 1. The first-order valence-electron chi connectivity index (χ1n) is 10.3. The van der Waals surface area contributed by atoms with E-state index in [0.717, 1.165) is 22.3 Å². The number of hydrogen-bond donors (Lipinski definition) is 1. The summed E-state index contributed by atoms with van der Waals surface area (Å²) in [5.41, 5.74) is 3.35. The van der Waals surface area contributed by atoms with Crippen LogP contribution in [0.1, 0.15) is 34.2 Å². The van der Waals surface area contributed by atoms with Crippen LogP contribution in [0.2, 0.25) is 0 Å². The Hall–Kier alpha value is -3.50. The van der Waals surface area contributed by atoms with E-state index in [1.165, 1.54) is 6.08 Å². The largest absolute Gasteiger partial charge is 0.375 e. The molecule has 0 fully saturated rings. The van der Waals surface area contributed by atoms with E-state index >= 15 is 0 Å². The Morgan fingerprint density at radius 2 is 1.71 bits per heavy atom. The lowest BCUT2D eigenvalue weighted by Gasteiger charge is -2.23. The fourth-order valence-electron chi connectivity index (χ4n) is 4.04. The second kappa shape index (κ2) is 8.32. The molecule has 0 saturated carbocycles. The van der Waals surface area contributed by atoms with E-state index in [1.54, 1.807) is 23.1 Å². The summed E-state index contributed by atoms with van der Waals surface area (Å²) in [6.45, 7) is 4.36. The van der Waals surface area contributed by atoms with E-state index in [0.29, 0.717) is 17.8 Å². The summed E-state index contributed by atoms with van der Waals surface area (Å²) in [5.74, 6) is -0.765. The minimum Gasteiger partial charge on any atom is -0.375 e. The Kier molecular flexibility index (Phi) is 5.57. The first-order valence-corrected chi connectivity index (χ1v) is 10.3. The average molecular weight is 412 g/mol. The third-order valence-electron chi connectivity index (χ3n) is 5.76. The van der Waals surface area contributed by atoms with Crippen molar-refractivity contribution in [1.29, 1.82) is 0 Å². The van der Waals surface area contributed by atoms with Crippen LogP contribution in [-0.4, -0.2) is 16.8 Å². The number of nitrogens with zero attached hydrogens (tertiary/aromatic N) is 1. The number of carbonyl (C=O) groups is 2. The van der Waals surface area contributed by atoms with Gasteiger partial charge in [-0.2, -0.15) is 0 Å². The van der Waals surface area contributed by atoms with Gasteiger partial charge in [-0.05, 0) is 42.7 Å². The summed E-state index contributed by atoms with van der Waals surface area (Å²) in [7, 11) is 0. The van der Waals surface area contributed by atoms with Crippen LogP contribution in [0.25, 0.3) is 6.08 Å². The van der Waals surface area contributed by atoms with Crippen LogP contribution in [0.15, 0.2) is 78.9 Å². The molecule has 4 nitrogen and oxygen atoms in total. The van der Waals surface area contributed by atoms with Crippen LogP contribution in [0.3, 0.4) is 0 Å². The number of fused-ring (bicyclic) bond motifs is 1. The predicted octanol–water partition coefficient (Wildman–Crippen LogP) is 4.71. The molecule has 0 saturated heterocycles. The maximum Gasteiger partial charge on any atom is 0.264 e. The number of rotatable bonds is 6. The van der Waals surface area contributed by atoms with Crippen molar-refractivity contribution in [3.8, 4) is 0 Å². The second-order valence-electron chi connectivity index (χ2n) is 8.09. The van der Waals surface area contributed by atoms with Gasteiger partial charge in [-0.25, -0.2) is 0 Å². The molecule has 3 aromatic carbocycles. The number of amides is 1. The summed E-state index contributed by atoms with van der Waals surface area (Å²) in [5, 5.41) is 11.4. The Balaban J connectivity index is 1.62. The molecule has 0 spiro atoms. The lowest BCUT2D eigenvalue weighted by molar-refractivity contribution is -0.140. The van der Waals surface area contributed by atoms with E-state index in [9.17, 15) is 14.7 Å². The monoisotopic (exact) mass is 411 g/mol. The van der Waals surface area contributed by atoms with Crippen molar-refractivity contribution >= 4 is 23.5 Å². The summed E-state index contributed by atoms with van der Waals surface area (Å²) in [4.78, 5) is 27.7. The number of benzene rings is 3. The molecule has 4 rings (SSSR count). The quantitative estimate of drug-likeness (QED) is 0.598. The molecule has 31 heavy (non-hydrogen) atoms. The number of ketones is 1. The molecule has 3 aromatic rings. The highest BCUT2D eigenvalue weighted by Crippen LogP contribution is 2.43. The van der Waals surface area contributed by atoms with Crippen molar-refractivity contribution in [2.24, 2.45) is 0 Å². The third-order valence-corrected chi connectivity index (χ3v) is 5.76. The van der Waals surface area contributed by atoms with E-state index in [1.807, 2.05) is 68.4 Å². The predicted molar refractivity (Wildman–Crippen MR) is 123 cm³/mol. The fourth-order valence-corrected chi connectivity index (χ4v) is 4.04. The molecule has 1 atom stereocenters. The highest BCUT2D eigenvalue weighted by molar-refractivity contribution is 6.10. The van der Waals surface area contributed by atoms with Gasteiger partial charge in [0.05, 0.1) is 18.7 Å². The number of aryl methyl sites for hydroxylation is 2. The van der Waals surface area contributed by atoms with Crippen LogP contribution < -0.4 is 4.90 Å². The molecule has 1 N–H and O–H groups in total. The number of carbonyl (C=O) groups excluding carboxylic acids is 2. The molecule has 0 radical (unpaired) electrons. The molecule has 1 heterocycles. The summed E-state index contributed by atoms with van der Waals surface area (Å²) < 4.78 is 0. The summed E-state index contributed by atoms with van der Waals surface area (Å²) >= 11 is 0. The van der Waals surface area contributed by atoms with Gasteiger partial charge in [-0.3, -0.25) is 9.59 Å². The SMILES string of the molecule is Cc1ccc(C)c(CN2C(=O)[C@@](O)(CC(=O)/C=C\c3ccccc3)c3ccccc32)c1. The van der Waals surface area contributed by atoms with Gasteiger partial charge in [0.15, 0.2) is 11.4 Å². The van der Waals surface area contributed by atoms with E-state index in [4.69, 9.17) is 0 Å². The maximum absolute atomic E-state index is 13.4. The topological polar surface area (TPSA) is 57.6 Å². The van der Waals surface area contributed by atoms with Gasteiger partial charge in [-0.15, -0.1) is 0 Å². The number of anilines is 1. The molecule has 1 amide bonds. The van der Waals surface area contributed by atoms with Crippen molar-refractivity contribution < 1.29 is 14.7 Å². The zero-order chi connectivity index (χ0) is 22.0. The van der Waals surface area contributed by atoms with E-state index in [-0.39, 0.29) is 12.2 Å². The van der Waals surface area contributed by atoms with Crippen LogP contribution in [-0.2, 0) is 21.7 Å². The minimum absolute atomic E-state index is 0.296. The first kappa shape index (κ1) is 20.8. The Bertz CT molecular complexity index is 1170. The van der Waals surface area contributed by atoms with Crippen molar-refractivity contribution in [2.75, 3.05) is 4.90 Å². The van der Waals surface area contributed by atoms with Gasteiger partial charge in [0.1, 0.15) is 0 Å². The van der Waals surface area contributed by atoms with Crippen LogP contribution in [0.5, 0.6) is 0 Å². The van der Waals surface area contributed by atoms with Crippen molar-refractivity contribution in [3.05, 3.63) is 107 Å². The molecular formula is C27H25NO3. The molecule has 0 aromatic heterocycles. The van der Waals surface area contributed by atoms with Gasteiger partial charge in [0.25, 0.3) is 5.91 Å².